The Hall–Kier alpha value is -1.14. The lowest BCUT2D eigenvalue weighted by molar-refractivity contribution is 0.598. The van der Waals surface area contributed by atoms with Gasteiger partial charge in [0.05, 0.1) is 5.69 Å². The van der Waals surface area contributed by atoms with Crippen LogP contribution in [0.15, 0.2) is 12.1 Å². The number of benzene rings is 1. The van der Waals surface area contributed by atoms with E-state index in [2.05, 4.69) is 9.97 Å². The second-order valence-electron chi connectivity index (χ2n) is 4.11. The first-order valence-electron chi connectivity index (χ1n) is 5.44. The van der Waals surface area contributed by atoms with Crippen LogP contribution in [0.4, 0.5) is 8.78 Å². The smallest absolute Gasteiger partial charge is 0.161 e. The molecule has 2 heterocycles. The summed E-state index contributed by atoms with van der Waals surface area (Å²) in [5, 5.41) is 0.336. The molecule has 0 fully saturated rings. The van der Waals surface area contributed by atoms with E-state index in [4.69, 9.17) is 19.4 Å². The molecule has 94 valence electrons. The van der Waals surface area contributed by atoms with Crippen LogP contribution in [-0.4, -0.2) is 17.8 Å². The highest BCUT2D eigenvalue weighted by Gasteiger charge is 2.20. The van der Waals surface area contributed by atoms with Gasteiger partial charge in [-0.05, 0) is 17.6 Å². The van der Waals surface area contributed by atoms with Crippen molar-refractivity contribution in [1.29, 1.82) is 0 Å². The zero-order valence-corrected chi connectivity index (χ0v) is 11.2. The number of thioether (sulfide) groups is 1. The Morgan fingerprint density at radius 3 is 2.53 bits per heavy atom. The van der Waals surface area contributed by atoms with Gasteiger partial charge >= 0.3 is 0 Å². The minimum Gasteiger partial charge on any atom is -0.232 e. The molecule has 19 heavy (non-hydrogen) atoms. The van der Waals surface area contributed by atoms with E-state index in [1.807, 2.05) is 0 Å². The summed E-state index contributed by atoms with van der Waals surface area (Å²) in [5.41, 5.74) is 1.43. The van der Waals surface area contributed by atoms with Crippen molar-refractivity contribution in [2.45, 2.75) is 11.5 Å². The Kier molecular flexibility index (Phi) is 3.23. The number of hydrogen-bond acceptors (Lipinski definition) is 3. The van der Waals surface area contributed by atoms with Crippen molar-refractivity contribution in [2.75, 3.05) is 0 Å². The molecule has 2 radical (unpaired) electrons. The second-order valence-corrected chi connectivity index (χ2v) is 5.45. The molecular formula is C12H6BClF2N2S. The van der Waals surface area contributed by atoms with Crippen molar-refractivity contribution in [3.8, 4) is 11.4 Å². The van der Waals surface area contributed by atoms with Gasteiger partial charge in [0.15, 0.2) is 5.82 Å². The Bertz CT molecular complexity index is 658. The van der Waals surface area contributed by atoms with Crippen LogP contribution >= 0.6 is 23.4 Å². The first-order chi connectivity index (χ1) is 9.06. The number of aromatic nitrogens is 2. The molecule has 0 spiro atoms. The largest absolute Gasteiger partial charge is 0.232 e. The molecule has 0 bridgehead atoms. The zero-order chi connectivity index (χ0) is 13.6. The number of nitrogens with zero attached hydrogens (tertiary/aromatic N) is 2. The van der Waals surface area contributed by atoms with Gasteiger partial charge in [-0.2, -0.15) is 11.8 Å². The van der Waals surface area contributed by atoms with Gasteiger partial charge in [-0.1, -0.05) is 11.6 Å². The molecule has 0 amide bonds. The van der Waals surface area contributed by atoms with Crippen LogP contribution in [0.2, 0.25) is 5.15 Å². The third kappa shape index (κ3) is 2.23. The molecule has 1 aliphatic heterocycles. The Morgan fingerprint density at radius 1 is 1.16 bits per heavy atom. The van der Waals surface area contributed by atoms with E-state index in [1.54, 1.807) is 11.8 Å². The van der Waals surface area contributed by atoms with E-state index in [0.717, 1.165) is 34.9 Å². The Balaban J connectivity index is 2.15. The van der Waals surface area contributed by atoms with Gasteiger partial charge < -0.3 is 0 Å². The van der Waals surface area contributed by atoms with Crippen LogP contribution in [0.25, 0.3) is 11.4 Å². The quantitative estimate of drug-likeness (QED) is 0.597. The summed E-state index contributed by atoms with van der Waals surface area (Å²) in [5.74, 6) is 0.0434. The minimum absolute atomic E-state index is 0.212. The van der Waals surface area contributed by atoms with Gasteiger partial charge in [-0.15, -0.1) is 0 Å². The monoisotopic (exact) mass is 294 g/mol. The van der Waals surface area contributed by atoms with Gasteiger partial charge in [0, 0.05) is 22.6 Å². The van der Waals surface area contributed by atoms with E-state index >= 15 is 0 Å². The van der Waals surface area contributed by atoms with E-state index in [0.29, 0.717) is 5.15 Å². The zero-order valence-electron chi connectivity index (χ0n) is 9.58. The van der Waals surface area contributed by atoms with E-state index in [1.165, 1.54) is 0 Å². The molecule has 2 aromatic rings. The summed E-state index contributed by atoms with van der Waals surface area (Å²) in [6.45, 7) is 0. The molecule has 2 nitrogen and oxygen atoms in total. The Labute approximate surface area is 119 Å². The molecule has 1 aliphatic rings. The third-order valence-electron chi connectivity index (χ3n) is 2.86. The molecular weight excluding hydrogens is 288 g/mol. The van der Waals surface area contributed by atoms with Crippen LogP contribution < -0.4 is 5.46 Å². The van der Waals surface area contributed by atoms with Crippen molar-refractivity contribution in [2.24, 2.45) is 0 Å². The number of hydrogen-bond donors (Lipinski definition) is 0. The number of fused-ring (bicyclic) bond motifs is 1. The molecule has 0 saturated carbocycles. The highest BCUT2D eigenvalue weighted by atomic mass is 35.5. The lowest BCUT2D eigenvalue weighted by Crippen LogP contribution is -2.14. The first-order valence-corrected chi connectivity index (χ1v) is 6.97. The molecule has 1 aromatic heterocycles. The van der Waals surface area contributed by atoms with Crippen LogP contribution in [-0.2, 0) is 11.5 Å². The average molecular weight is 295 g/mol. The summed E-state index contributed by atoms with van der Waals surface area (Å²) in [4.78, 5) is 8.40. The lowest BCUT2D eigenvalue weighted by atomic mass is 9.93. The topological polar surface area (TPSA) is 25.8 Å². The molecule has 0 aliphatic carbocycles. The standard InChI is InChI=1S/C12H6BClF2N2S/c13-10-7(15)1-5(2-8(10)16)12-17-9-4-19-3-6(9)11(14)18-12/h1-2H,3-4H2. The predicted molar refractivity (Wildman–Crippen MR) is 72.8 cm³/mol. The molecule has 0 unspecified atom stereocenters. The number of rotatable bonds is 1. The van der Waals surface area contributed by atoms with Crippen molar-refractivity contribution in [3.05, 3.63) is 40.2 Å². The summed E-state index contributed by atoms with van der Waals surface area (Å²) in [6.07, 6.45) is 0. The average Bonchev–Trinajstić information content (AvgIpc) is 2.84. The highest BCUT2D eigenvalue weighted by molar-refractivity contribution is 7.98. The van der Waals surface area contributed by atoms with Gasteiger partial charge in [-0.3, -0.25) is 0 Å². The maximum absolute atomic E-state index is 13.4. The van der Waals surface area contributed by atoms with Gasteiger partial charge in [-0.25, -0.2) is 18.7 Å². The van der Waals surface area contributed by atoms with Crippen LogP contribution in [0, 0.1) is 11.6 Å². The molecule has 1 aromatic carbocycles. The van der Waals surface area contributed by atoms with Gasteiger partial charge in [0.1, 0.15) is 24.6 Å². The fraction of sp³-hybridized carbons (Fsp3) is 0.167. The van der Waals surface area contributed by atoms with E-state index in [9.17, 15) is 8.78 Å². The maximum Gasteiger partial charge on any atom is 0.161 e. The number of halogens is 3. The normalized spacial score (nSPS) is 13.6. The molecule has 0 saturated heterocycles. The van der Waals surface area contributed by atoms with Gasteiger partial charge in [0.2, 0.25) is 0 Å². The third-order valence-corrected chi connectivity index (χ3v) is 4.15. The maximum atomic E-state index is 13.4. The van der Waals surface area contributed by atoms with Crippen molar-refractivity contribution >= 4 is 36.7 Å². The minimum atomic E-state index is -0.829. The summed E-state index contributed by atoms with van der Waals surface area (Å²) in [6, 6.07) is 2.22. The molecule has 3 rings (SSSR count). The van der Waals surface area contributed by atoms with Crippen LogP contribution in [0.1, 0.15) is 11.3 Å². The molecule has 0 atom stereocenters. The first kappa shape index (κ1) is 12.9. The molecule has 0 N–H and O–H groups in total. The fourth-order valence-electron chi connectivity index (χ4n) is 1.85. The summed E-state index contributed by atoms with van der Waals surface area (Å²) in [7, 11) is 5.23. The van der Waals surface area contributed by atoms with Gasteiger partial charge in [0.25, 0.3) is 0 Å². The summed E-state index contributed by atoms with van der Waals surface area (Å²) < 4.78 is 26.9. The van der Waals surface area contributed by atoms with Crippen LogP contribution in [0.5, 0.6) is 0 Å². The van der Waals surface area contributed by atoms with Crippen molar-refractivity contribution in [3.63, 3.8) is 0 Å². The SMILES string of the molecule is [B]c1c(F)cc(-c2nc(Cl)c3c(n2)CSC3)cc1F. The predicted octanol–water partition coefficient (Wildman–Crippen LogP) is 2.62. The lowest BCUT2D eigenvalue weighted by Gasteiger charge is -2.07. The van der Waals surface area contributed by atoms with E-state index in [-0.39, 0.29) is 11.4 Å². The fourth-order valence-corrected chi connectivity index (χ4v) is 3.23. The second kappa shape index (κ2) is 4.76. The van der Waals surface area contributed by atoms with Crippen molar-refractivity contribution in [1.82, 2.24) is 9.97 Å². The highest BCUT2D eigenvalue weighted by Crippen LogP contribution is 2.34. The van der Waals surface area contributed by atoms with E-state index < -0.39 is 17.1 Å². The molecule has 7 heteroatoms. The van der Waals surface area contributed by atoms with Crippen molar-refractivity contribution < 1.29 is 8.78 Å². The summed E-state index contributed by atoms with van der Waals surface area (Å²) >= 11 is 7.73. The Morgan fingerprint density at radius 2 is 1.84 bits per heavy atom. The van der Waals surface area contributed by atoms with Crippen LogP contribution in [0.3, 0.4) is 0 Å².